The van der Waals surface area contributed by atoms with Crippen LogP contribution in [0.3, 0.4) is 0 Å². The first-order valence-electron chi connectivity index (χ1n) is 7.24. The molecule has 3 N–H and O–H groups in total. The number of nitrogens with one attached hydrogen (secondary N) is 1. The quantitative estimate of drug-likeness (QED) is 0.758. The second-order valence-corrected chi connectivity index (χ2v) is 7.10. The molecule has 0 radical (unpaired) electrons. The van der Waals surface area contributed by atoms with Gasteiger partial charge in [0.1, 0.15) is 0 Å². The summed E-state index contributed by atoms with van der Waals surface area (Å²) in [5.74, 6) is 0.868. The molecule has 0 aliphatic carbocycles. The number of methoxy groups -OCH3 is 2. The maximum absolute atomic E-state index is 12.5. The van der Waals surface area contributed by atoms with Crippen LogP contribution in [0, 0.1) is 6.92 Å². The molecule has 1 rings (SSSR count). The third-order valence-electron chi connectivity index (χ3n) is 3.99. The summed E-state index contributed by atoms with van der Waals surface area (Å²) in [6.45, 7) is 5.79. The van der Waals surface area contributed by atoms with Crippen LogP contribution in [0.1, 0.15) is 32.3 Å². The highest BCUT2D eigenvalue weighted by Crippen LogP contribution is 2.32. The van der Waals surface area contributed by atoms with E-state index in [2.05, 4.69) is 4.72 Å². The zero-order valence-corrected chi connectivity index (χ0v) is 14.7. The summed E-state index contributed by atoms with van der Waals surface area (Å²) in [6.07, 6.45) is 1.38. The summed E-state index contributed by atoms with van der Waals surface area (Å²) in [6, 6.07) is 3.11. The predicted molar refractivity (Wildman–Crippen MR) is 87.0 cm³/mol. The Hall–Kier alpha value is -1.31. The van der Waals surface area contributed by atoms with Crippen LogP contribution in [0.4, 0.5) is 0 Å². The molecule has 0 aliphatic rings. The largest absolute Gasteiger partial charge is 0.493 e. The lowest BCUT2D eigenvalue weighted by Crippen LogP contribution is -2.49. The van der Waals surface area contributed by atoms with Crippen molar-refractivity contribution in [1.29, 1.82) is 0 Å². The van der Waals surface area contributed by atoms with Crippen LogP contribution < -0.4 is 19.9 Å². The lowest BCUT2D eigenvalue weighted by atomic mass is 9.95. The standard InChI is InChI=1S/C15H26N2O4S/c1-6-15(16,7-2)10-17-22(18,19)14-9-13(21-5)12(20-4)8-11(14)3/h8-9,17H,6-7,10,16H2,1-5H3. The highest BCUT2D eigenvalue weighted by molar-refractivity contribution is 7.89. The van der Waals surface area contributed by atoms with Crippen LogP contribution in [0.2, 0.25) is 0 Å². The first-order valence-corrected chi connectivity index (χ1v) is 8.72. The van der Waals surface area contributed by atoms with Crippen LogP contribution in [0.25, 0.3) is 0 Å². The number of hydrogen-bond donors (Lipinski definition) is 2. The Labute approximate surface area is 133 Å². The fourth-order valence-corrected chi connectivity index (χ4v) is 3.45. The molecule has 0 bridgehead atoms. The molecule has 0 saturated carbocycles. The highest BCUT2D eigenvalue weighted by Gasteiger charge is 2.26. The smallest absolute Gasteiger partial charge is 0.241 e. The van der Waals surface area contributed by atoms with E-state index in [-0.39, 0.29) is 11.4 Å². The molecule has 126 valence electrons. The maximum atomic E-state index is 12.5. The zero-order valence-electron chi connectivity index (χ0n) is 13.9. The van der Waals surface area contributed by atoms with Crippen molar-refractivity contribution in [1.82, 2.24) is 4.72 Å². The number of hydrogen-bond acceptors (Lipinski definition) is 5. The van der Waals surface area contributed by atoms with E-state index in [9.17, 15) is 8.42 Å². The van der Waals surface area contributed by atoms with Crippen LogP contribution in [-0.4, -0.2) is 34.7 Å². The van der Waals surface area contributed by atoms with Crippen molar-refractivity contribution in [2.24, 2.45) is 5.73 Å². The molecular formula is C15H26N2O4S. The zero-order chi connectivity index (χ0) is 17.0. The Morgan fingerprint density at radius 1 is 1.14 bits per heavy atom. The number of nitrogens with two attached hydrogens (primary N) is 1. The van der Waals surface area contributed by atoms with Crippen LogP contribution in [-0.2, 0) is 10.0 Å². The summed E-state index contributed by atoms with van der Waals surface area (Å²) in [5.41, 5.74) is 6.19. The van der Waals surface area contributed by atoms with Crippen molar-refractivity contribution in [2.75, 3.05) is 20.8 Å². The van der Waals surface area contributed by atoms with E-state index in [1.807, 2.05) is 13.8 Å². The Bertz CT molecular complexity index is 610. The Morgan fingerprint density at radius 3 is 2.09 bits per heavy atom. The lowest BCUT2D eigenvalue weighted by molar-refractivity contribution is 0.353. The first kappa shape index (κ1) is 18.7. The van der Waals surface area contributed by atoms with Crippen LogP contribution >= 0.6 is 0 Å². The van der Waals surface area contributed by atoms with Gasteiger partial charge < -0.3 is 15.2 Å². The minimum absolute atomic E-state index is 0.166. The molecule has 0 aromatic heterocycles. The minimum atomic E-state index is -3.67. The molecule has 0 atom stereocenters. The van der Waals surface area contributed by atoms with Gasteiger partial charge in [-0.05, 0) is 31.4 Å². The van der Waals surface area contributed by atoms with E-state index in [0.29, 0.717) is 29.9 Å². The van der Waals surface area contributed by atoms with Crippen LogP contribution in [0.5, 0.6) is 11.5 Å². The molecule has 0 fully saturated rings. The van der Waals surface area contributed by atoms with Gasteiger partial charge in [-0.15, -0.1) is 0 Å². The summed E-state index contributed by atoms with van der Waals surface area (Å²) < 4.78 is 38.0. The third-order valence-corrected chi connectivity index (χ3v) is 5.54. The minimum Gasteiger partial charge on any atom is -0.493 e. The molecule has 7 heteroatoms. The van der Waals surface area contributed by atoms with Crippen LogP contribution in [0.15, 0.2) is 17.0 Å². The summed E-state index contributed by atoms with van der Waals surface area (Å²) in [4.78, 5) is 0.166. The first-order chi connectivity index (χ1) is 10.2. The van der Waals surface area contributed by atoms with Gasteiger partial charge in [-0.25, -0.2) is 13.1 Å². The maximum Gasteiger partial charge on any atom is 0.241 e. The van der Waals surface area contributed by atoms with Gasteiger partial charge in [-0.1, -0.05) is 13.8 Å². The Balaban J connectivity index is 3.13. The van der Waals surface area contributed by atoms with Gasteiger partial charge in [0.2, 0.25) is 10.0 Å². The van der Waals surface area contributed by atoms with E-state index >= 15 is 0 Å². The van der Waals surface area contributed by atoms with Crippen molar-refractivity contribution < 1.29 is 17.9 Å². The van der Waals surface area contributed by atoms with Gasteiger partial charge in [0, 0.05) is 18.2 Å². The topological polar surface area (TPSA) is 90.7 Å². The van der Waals surface area contributed by atoms with E-state index < -0.39 is 15.6 Å². The number of ether oxygens (including phenoxy) is 2. The summed E-state index contributed by atoms with van der Waals surface area (Å²) in [7, 11) is -0.690. The molecule has 0 spiro atoms. The van der Waals surface area contributed by atoms with Gasteiger partial charge in [0.15, 0.2) is 11.5 Å². The normalized spacial score (nSPS) is 12.3. The molecule has 1 aromatic carbocycles. The number of sulfonamides is 1. The predicted octanol–water partition coefficient (Wildman–Crippen LogP) is 1.81. The van der Waals surface area contributed by atoms with Crippen molar-refractivity contribution in [3.8, 4) is 11.5 Å². The van der Waals surface area contributed by atoms with Gasteiger partial charge in [0.05, 0.1) is 19.1 Å². The number of rotatable bonds is 8. The van der Waals surface area contributed by atoms with Crippen molar-refractivity contribution >= 4 is 10.0 Å². The second-order valence-electron chi connectivity index (χ2n) is 5.37. The average Bonchev–Trinajstić information content (AvgIpc) is 2.52. The fourth-order valence-electron chi connectivity index (χ4n) is 2.07. The molecule has 1 aromatic rings. The molecular weight excluding hydrogens is 304 g/mol. The van der Waals surface area contributed by atoms with E-state index in [1.165, 1.54) is 20.3 Å². The Morgan fingerprint density at radius 2 is 1.64 bits per heavy atom. The summed E-state index contributed by atoms with van der Waals surface area (Å²) >= 11 is 0. The van der Waals surface area contributed by atoms with Crippen molar-refractivity contribution in [2.45, 2.75) is 44.0 Å². The average molecular weight is 330 g/mol. The van der Waals surface area contributed by atoms with Gasteiger partial charge in [0.25, 0.3) is 0 Å². The third kappa shape index (κ3) is 4.12. The summed E-state index contributed by atoms with van der Waals surface area (Å²) in [5, 5.41) is 0. The molecule has 0 amide bonds. The van der Waals surface area contributed by atoms with Crippen molar-refractivity contribution in [3.63, 3.8) is 0 Å². The van der Waals surface area contributed by atoms with E-state index in [4.69, 9.17) is 15.2 Å². The second kappa shape index (κ2) is 7.30. The fraction of sp³-hybridized carbons (Fsp3) is 0.600. The van der Waals surface area contributed by atoms with Gasteiger partial charge in [-0.3, -0.25) is 0 Å². The monoisotopic (exact) mass is 330 g/mol. The molecule has 0 heterocycles. The molecule has 22 heavy (non-hydrogen) atoms. The molecule has 0 unspecified atom stereocenters. The van der Waals surface area contributed by atoms with E-state index in [0.717, 1.165) is 0 Å². The van der Waals surface area contributed by atoms with Crippen molar-refractivity contribution in [3.05, 3.63) is 17.7 Å². The molecule has 0 aliphatic heterocycles. The molecule has 6 nitrogen and oxygen atoms in total. The lowest BCUT2D eigenvalue weighted by Gasteiger charge is -2.27. The van der Waals surface area contributed by atoms with Gasteiger partial charge in [-0.2, -0.15) is 0 Å². The SMILES string of the molecule is CCC(N)(CC)CNS(=O)(=O)c1cc(OC)c(OC)cc1C. The van der Waals surface area contributed by atoms with E-state index in [1.54, 1.807) is 13.0 Å². The molecule has 0 saturated heterocycles. The number of aryl methyl sites for hydroxylation is 1. The highest BCUT2D eigenvalue weighted by atomic mass is 32.2. The number of benzene rings is 1. The Kier molecular flexibility index (Phi) is 6.22. The van der Waals surface area contributed by atoms with Gasteiger partial charge >= 0.3 is 0 Å².